The standard InChI is InChI=1S/C17H13ClN2O3/c18-14-3-1-2-12-10-19-17(20-16(12)14)11-4-6-13(7-5-11)23-9-8-15(21)22/h1-7,10H,8-9H2,(H,21,22). The molecule has 3 aromatic rings. The minimum absolute atomic E-state index is 0.0337. The van der Waals surface area contributed by atoms with Crippen LogP contribution in [0.5, 0.6) is 5.75 Å². The molecule has 1 N–H and O–H groups in total. The van der Waals surface area contributed by atoms with Gasteiger partial charge in [0.05, 0.1) is 23.6 Å². The quantitative estimate of drug-likeness (QED) is 0.771. The Morgan fingerprint density at radius 3 is 2.70 bits per heavy atom. The van der Waals surface area contributed by atoms with Gasteiger partial charge in [-0.3, -0.25) is 4.79 Å². The van der Waals surface area contributed by atoms with E-state index in [0.717, 1.165) is 10.9 Å². The summed E-state index contributed by atoms with van der Waals surface area (Å²) < 4.78 is 5.35. The third-order valence-corrected chi connectivity index (χ3v) is 3.56. The van der Waals surface area contributed by atoms with Gasteiger partial charge in [-0.05, 0) is 30.3 Å². The number of carboxylic acid groups (broad SMARTS) is 1. The Bertz CT molecular complexity index is 850. The van der Waals surface area contributed by atoms with Crippen LogP contribution in [0.3, 0.4) is 0 Å². The normalized spacial score (nSPS) is 10.7. The van der Waals surface area contributed by atoms with Gasteiger partial charge in [0, 0.05) is 17.1 Å². The average molecular weight is 329 g/mol. The van der Waals surface area contributed by atoms with Crippen molar-refractivity contribution in [1.29, 1.82) is 0 Å². The maximum Gasteiger partial charge on any atom is 0.306 e. The molecule has 0 aliphatic heterocycles. The van der Waals surface area contributed by atoms with Gasteiger partial charge in [-0.15, -0.1) is 0 Å². The van der Waals surface area contributed by atoms with E-state index in [1.165, 1.54) is 0 Å². The lowest BCUT2D eigenvalue weighted by molar-refractivity contribution is -0.137. The molecule has 0 radical (unpaired) electrons. The maximum atomic E-state index is 10.5. The summed E-state index contributed by atoms with van der Waals surface area (Å²) in [6.45, 7) is 0.136. The Morgan fingerprint density at radius 2 is 1.96 bits per heavy atom. The molecule has 0 aliphatic carbocycles. The van der Waals surface area contributed by atoms with Crippen LogP contribution in [-0.2, 0) is 4.79 Å². The number of hydrogen-bond acceptors (Lipinski definition) is 4. The van der Waals surface area contributed by atoms with Crippen molar-refractivity contribution in [2.75, 3.05) is 6.61 Å². The van der Waals surface area contributed by atoms with Crippen molar-refractivity contribution in [3.8, 4) is 17.1 Å². The molecule has 0 unspecified atom stereocenters. The SMILES string of the molecule is O=C(O)CCOc1ccc(-c2ncc3cccc(Cl)c3n2)cc1. The molecule has 0 aliphatic rings. The number of carbonyl (C=O) groups is 1. The number of aromatic nitrogens is 2. The van der Waals surface area contributed by atoms with E-state index in [2.05, 4.69) is 9.97 Å². The summed E-state index contributed by atoms with van der Waals surface area (Å²) in [7, 11) is 0. The number of para-hydroxylation sites is 1. The van der Waals surface area contributed by atoms with E-state index in [1.54, 1.807) is 24.4 Å². The van der Waals surface area contributed by atoms with Crippen LogP contribution >= 0.6 is 11.6 Å². The number of halogens is 1. The number of aliphatic carboxylic acids is 1. The van der Waals surface area contributed by atoms with Gasteiger partial charge in [-0.2, -0.15) is 0 Å². The third kappa shape index (κ3) is 3.57. The highest BCUT2D eigenvalue weighted by Gasteiger charge is 2.06. The molecule has 1 heterocycles. The first-order valence-electron chi connectivity index (χ1n) is 7.00. The van der Waals surface area contributed by atoms with Gasteiger partial charge in [0.1, 0.15) is 5.75 Å². The van der Waals surface area contributed by atoms with Crippen LogP contribution < -0.4 is 4.74 Å². The van der Waals surface area contributed by atoms with Crippen molar-refractivity contribution in [3.05, 3.63) is 53.7 Å². The molecule has 6 heteroatoms. The van der Waals surface area contributed by atoms with E-state index in [0.29, 0.717) is 22.1 Å². The zero-order valence-electron chi connectivity index (χ0n) is 12.1. The molecule has 1 aromatic heterocycles. The van der Waals surface area contributed by atoms with Crippen LogP contribution in [0.25, 0.3) is 22.3 Å². The topological polar surface area (TPSA) is 72.3 Å². The molecule has 3 rings (SSSR count). The Kier molecular flexibility index (Phi) is 4.39. The van der Waals surface area contributed by atoms with Crippen LogP contribution in [0, 0.1) is 0 Å². The molecule has 0 amide bonds. The summed E-state index contributed by atoms with van der Waals surface area (Å²) in [5, 5.41) is 10.1. The molecular weight excluding hydrogens is 316 g/mol. The monoisotopic (exact) mass is 328 g/mol. The molecule has 0 bridgehead atoms. The van der Waals surface area contributed by atoms with Gasteiger partial charge < -0.3 is 9.84 Å². The highest BCUT2D eigenvalue weighted by atomic mass is 35.5. The molecule has 2 aromatic carbocycles. The van der Waals surface area contributed by atoms with Gasteiger partial charge >= 0.3 is 5.97 Å². The highest BCUT2D eigenvalue weighted by Crippen LogP contribution is 2.25. The van der Waals surface area contributed by atoms with Crippen molar-refractivity contribution in [2.24, 2.45) is 0 Å². The average Bonchev–Trinajstić information content (AvgIpc) is 2.55. The first-order valence-corrected chi connectivity index (χ1v) is 7.37. The van der Waals surface area contributed by atoms with Gasteiger partial charge in [-0.25, -0.2) is 9.97 Å². The summed E-state index contributed by atoms with van der Waals surface area (Å²) >= 11 is 6.17. The molecule has 23 heavy (non-hydrogen) atoms. The van der Waals surface area contributed by atoms with E-state index < -0.39 is 5.97 Å². The van der Waals surface area contributed by atoms with Gasteiger partial charge in [0.25, 0.3) is 0 Å². The predicted octanol–water partition coefficient (Wildman–Crippen LogP) is 3.80. The number of hydrogen-bond donors (Lipinski definition) is 1. The van der Waals surface area contributed by atoms with Crippen LogP contribution in [0.2, 0.25) is 5.02 Å². The number of fused-ring (bicyclic) bond motifs is 1. The van der Waals surface area contributed by atoms with Crippen LogP contribution in [0.1, 0.15) is 6.42 Å². The zero-order chi connectivity index (χ0) is 16.2. The second kappa shape index (κ2) is 6.62. The van der Waals surface area contributed by atoms with Crippen LogP contribution in [0.4, 0.5) is 0 Å². The Labute approximate surface area is 137 Å². The van der Waals surface area contributed by atoms with Gasteiger partial charge in [0.2, 0.25) is 0 Å². The molecule has 0 spiro atoms. The molecule has 0 atom stereocenters. The molecule has 0 saturated heterocycles. The fraction of sp³-hybridized carbons (Fsp3) is 0.118. The lowest BCUT2D eigenvalue weighted by atomic mass is 10.2. The van der Waals surface area contributed by atoms with Crippen LogP contribution in [0.15, 0.2) is 48.7 Å². The number of carboxylic acids is 1. The molecule has 116 valence electrons. The largest absolute Gasteiger partial charge is 0.493 e. The minimum atomic E-state index is -0.886. The summed E-state index contributed by atoms with van der Waals surface area (Å²) in [6.07, 6.45) is 1.70. The van der Waals surface area contributed by atoms with Gasteiger partial charge in [0.15, 0.2) is 5.82 Å². The van der Waals surface area contributed by atoms with Crippen molar-refractivity contribution >= 4 is 28.5 Å². The van der Waals surface area contributed by atoms with Crippen molar-refractivity contribution in [2.45, 2.75) is 6.42 Å². The second-order valence-electron chi connectivity index (χ2n) is 4.89. The Balaban J connectivity index is 1.81. The number of nitrogens with zero attached hydrogens (tertiary/aromatic N) is 2. The number of ether oxygens (including phenoxy) is 1. The summed E-state index contributed by atoms with van der Waals surface area (Å²) in [6, 6.07) is 12.7. The predicted molar refractivity (Wildman–Crippen MR) is 87.7 cm³/mol. The lowest BCUT2D eigenvalue weighted by Crippen LogP contribution is -2.04. The maximum absolute atomic E-state index is 10.5. The fourth-order valence-electron chi connectivity index (χ4n) is 2.12. The second-order valence-corrected chi connectivity index (χ2v) is 5.30. The van der Waals surface area contributed by atoms with E-state index in [4.69, 9.17) is 21.4 Å². The van der Waals surface area contributed by atoms with E-state index in [9.17, 15) is 4.79 Å². The lowest BCUT2D eigenvalue weighted by Gasteiger charge is -2.06. The van der Waals surface area contributed by atoms with Crippen molar-refractivity contribution in [3.63, 3.8) is 0 Å². The Hall–Kier alpha value is -2.66. The van der Waals surface area contributed by atoms with E-state index in [-0.39, 0.29) is 13.0 Å². The zero-order valence-corrected chi connectivity index (χ0v) is 12.8. The molecule has 0 fully saturated rings. The highest BCUT2D eigenvalue weighted by molar-refractivity contribution is 6.35. The van der Waals surface area contributed by atoms with E-state index in [1.807, 2.05) is 24.3 Å². The fourth-order valence-corrected chi connectivity index (χ4v) is 2.34. The van der Waals surface area contributed by atoms with Gasteiger partial charge in [-0.1, -0.05) is 23.7 Å². The van der Waals surface area contributed by atoms with Crippen molar-refractivity contribution in [1.82, 2.24) is 9.97 Å². The summed E-state index contributed by atoms with van der Waals surface area (Å²) in [5.74, 6) is 0.291. The van der Waals surface area contributed by atoms with Crippen LogP contribution in [-0.4, -0.2) is 27.7 Å². The number of rotatable bonds is 5. The minimum Gasteiger partial charge on any atom is -0.493 e. The number of benzene rings is 2. The van der Waals surface area contributed by atoms with Crippen molar-refractivity contribution < 1.29 is 14.6 Å². The summed E-state index contributed by atoms with van der Waals surface area (Å²) in [4.78, 5) is 19.3. The Morgan fingerprint density at radius 1 is 1.17 bits per heavy atom. The van der Waals surface area contributed by atoms with E-state index >= 15 is 0 Å². The molecular formula is C17H13ClN2O3. The molecule has 5 nitrogen and oxygen atoms in total. The molecule has 0 saturated carbocycles. The first-order chi connectivity index (χ1) is 11.1. The first kappa shape index (κ1) is 15.2. The summed E-state index contributed by atoms with van der Waals surface area (Å²) in [5.41, 5.74) is 1.54. The third-order valence-electron chi connectivity index (χ3n) is 3.26. The smallest absolute Gasteiger partial charge is 0.306 e.